The van der Waals surface area contributed by atoms with Gasteiger partial charge in [0.05, 0.1) is 5.56 Å². The van der Waals surface area contributed by atoms with Gasteiger partial charge in [-0.3, -0.25) is 4.90 Å². The molecule has 0 aliphatic carbocycles. The van der Waals surface area contributed by atoms with E-state index >= 15 is 0 Å². The van der Waals surface area contributed by atoms with Gasteiger partial charge in [0.2, 0.25) is 0 Å². The standard InChI is InChI=1S/C15H22F4N2/c1-4-11(5-2)21(3)14(9-20)10-6-7-13(16)12(8-10)15(17,18)19/h6-8,11,14H,4-5,9,20H2,1-3H3. The molecule has 0 fully saturated rings. The van der Waals surface area contributed by atoms with Gasteiger partial charge in [0.15, 0.2) is 0 Å². The highest BCUT2D eigenvalue weighted by Crippen LogP contribution is 2.34. The third-order valence-electron chi connectivity index (χ3n) is 3.91. The van der Waals surface area contributed by atoms with Gasteiger partial charge < -0.3 is 5.73 Å². The van der Waals surface area contributed by atoms with Gasteiger partial charge in [-0.1, -0.05) is 19.9 Å². The Morgan fingerprint density at radius 3 is 2.19 bits per heavy atom. The number of likely N-dealkylation sites (N-methyl/N-ethyl adjacent to an activating group) is 1. The average molecular weight is 306 g/mol. The Kier molecular flexibility index (Phi) is 6.16. The number of benzene rings is 1. The van der Waals surface area contributed by atoms with Crippen LogP contribution in [0.25, 0.3) is 0 Å². The number of rotatable bonds is 6. The molecule has 120 valence electrons. The van der Waals surface area contributed by atoms with E-state index in [4.69, 9.17) is 5.73 Å². The molecular formula is C15H22F4N2. The van der Waals surface area contributed by atoms with Crippen LogP contribution in [0.4, 0.5) is 17.6 Å². The van der Waals surface area contributed by atoms with Crippen molar-refractivity contribution in [2.75, 3.05) is 13.6 Å². The Balaban J connectivity index is 3.18. The molecule has 21 heavy (non-hydrogen) atoms. The van der Waals surface area contributed by atoms with E-state index < -0.39 is 17.6 Å². The van der Waals surface area contributed by atoms with E-state index in [9.17, 15) is 17.6 Å². The molecule has 1 unspecified atom stereocenters. The van der Waals surface area contributed by atoms with Crippen molar-refractivity contribution in [3.8, 4) is 0 Å². The SMILES string of the molecule is CCC(CC)N(C)C(CN)c1ccc(F)c(C(F)(F)F)c1. The van der Waals surface area contributed by atoms with Crippen LogP contribution < -0.4 is 5.73 Å². The number of nitrogens with zero attached hydrogens (tertiary/aromatic N) is 1. The Morgan fingerprint density at radius 1 is 1.19 bits per heavy atom. The zero-order chi connectivity index (χ0) is 16.2. The zero-order valence-electron chi connectivity index (χ0n) is 12.5. The summed E-state index contributed by atoms with van der Waals surface area (Å²) in [7, 11) is 1.84. The smallest absolute Gasteiger partial charge is 0.329 e. The van der Waals surface area contributed by atoms with Gasteiger partial charge in [0.25, 0.3) is 0 Å². The lowest BCUT2D eigenvalue weighted by Gasteiger charge is -2.34. The third-order valence-corrected chi connectivity index (χ3v) is 3.91. The molecule has 1 aromatic carbocycles. The number of hydrogen-bond donors (Lipinski definition) is 1. The summed E-state index contributed by atoms with van der Waals surface area (Å²) in [6.45, 7) is 4.21. The Labute approximate surface area is 122 Å². The number of hydrogen-bond acceptors (Lipinski definition) is 2. The zero-order valence-corrected chi connectivity index (χ0v) is 12.5. The molecule has 1 rings (SSSR count). The van der Waals surface area contributed by atoms with Crippen LogP contribution in [0.15, 0.2) is 18.2 Å². The molecule has 0 aromatic heterocycles. The van der Waals surface area contributed by atoms with Gasteiger partial charge in [-0.15, -0.1) is 0 Å². The lowest BCUT2D eigenvalue weighted by molar-refractivity contribution is -0.140. The molecule has 0 amide bonds. The molecule has 1 aromatic rings. The summed E-state index contributed by atoms with van der Waals surface area (Å²) in [4.78, 5) is 1.97. The molecule has 0 saturated carbocycles. The summed E-state index contributed by atoms with van der Waals surface area (Å²) in [6, 6.07) is 2.96. The fourth-order valence-corrected chi connectivity index (χ4v) is 2.62. The predicted octanol–water partition coefficient (Wildman–Crippen LogP) is 3.96. The van der Waals surface area contributed by atoms with Crippen molar-refractivity contribution in [2.45, 2.75) is 44.9 Å². The molecular weight excluding hydrogens is 284 g/mol. The lowest BCUT2D eigenvalue weighted by atomic mass is 9.99. The van der Waals surface area contributed by atoms with E-state index in [2.05, 4.69) is 0 Å². The van der Waals surface area contributed by atoms with Crippen LogP contribution in [-0.4, -0.2) is 24.5 Å². The molecule has 1 atom stereocenters. The Bertz CT molecular complexity index is 455. The van der Waals surface area contributed by atoms with Gasteiger partial charge in [0, 0.05) is 18.6 Å². The van der Waals surface area contributed by atoms with E-state index in [1.54, 1.807) is 0 Å². The maximum atomic E-state index is 13.4. The maximum absolute atomic E-state index is 13.4. The van der Waals surface area contributed by atoms with E-state index in [1.807, 2.05) is 25.8 Å². The summed E-state index contributed by atoms with van der Waals surface area (Å²) in [5.74, 6) is -1.26. The van der Waals surface area contributed by atoms with Gasteiger partial charge >= 0.3 is 6.18 Å². The fraction of sp³-hybridized carbons (Fsp3) is 0.600. The second-order valence-electron chi connectivity index (χ2n) is 5.12. The normalized spacial score (nSPS) is 14.0. The molecule has 0 aliphatic rings. The fourth-order valence-electron chi connectivity index (χ4n) is 2.62. The van der Waals surface area contributed by atoms with Crippen molar-refractivity contribution in [1.82, 2.24) is 4.90 Å². The van der Waals surface area contributed by atoms with Crippen molar-refractivity contribution in [1.29, 1.82) is 0 Å². The largest absolute Gasteiger partial charge is 0.419 e. The molecule has 0 heterocycles. The summed E-state index contributed by atoms with van der Waals surface area (Å²) >= 11 is 0. The molecule has 0 radical (unpaired) electrons. The molecule has 2 N–H and O–H groups in total. The first-order valence-electron chi connectivity index (χ1n) is 7.04. The van der Waals surface area contributed by atoms with Crippen molar-refractivity contribution < 1.29 is 17.6 Å². The van der Waals surface area contributed by atoms with Gasteiger partial charge in [-0.2, -0.15) is 13.2 Å². The summed E-state index contributed by atoms with van der Waals surface area (Å²) < 4.78 is 51.8. The number of halogens is 4. The quantitative estimate of drug-likeness (QED) is 0.806. The van der Waals surface area contributed by atoms with Crippen LogP contribution in [0.1, 0.15) is 43.9 Å². The van der Waals surface area contributed by atoms with E-state index in [1.165, 1.54) is 6.07 Å². The topological polar surface area (TPSA) is 29.3 Å². The molecule has 0 aliphatic heterocycles. The van der Waals surface area contributed by atoms with E-state index in [-0.39, 0.29) is 18.6 Å². The molecule has 2 nitrogen and oxygen atoms in total. The van der Waals surface area contributed by atoms with E-state index in [0.29, 0.717) is 5.56 Å². The first-order valence-corrected chi connectivity index (χ1v) is 7.04. The molecule has 0 spiro atoms. The van der Waals surface area contributed by atoms with Crippen molar-refractivity contribution in [3.05, 3.63) is 35.1 Å². The highest BCUT2D eigenvalue weighted by molar-refractivity contribution is 5.30. The summed E-state index contributed by atoms with van der Waals surface area (Å²) in [6.07, 6.45) is -2.96. The van der Waals surface area contributed by atoms with Crippen LogP contribution in [0.2, 0.25) is 0 Å². The van der Waals surface area contributed by atoms with Crippen LogP contribution in [0.3, 0.4) is 0 Å². The highest BCUT2D eigenvalue weighted by atomic mass is 19.4. The molecule has 6 heteroatoms. The number of alkyl halides is 3. The highest BCUT2D eigenvalue weighted by Gasteiger charge is 2.35. The Hall–Kier alpha value is -1.14. The minimum atomic E-state index is -4.70. The van der Waals surface area contributed by atoms with Crippen molar-refractivity contribution in [2.24, 2.45) is 5.73 Å². The number of nitrogens with two attached hydrogens (primary N) is 1. The minimum absolute atomic E-state index is 0.177. The van der Waals surface area contributed by atoms with Gasteiger partial charge in [0.1, 0.15) is 5.82 Å². The molecule has 0 bridgehead atoms. The summed E-state index contributed by atoms with van der Waals surface area (Å²) in [5, 5.41) is 0. The van der Waals surface area contributed by atoms with Gasteiger partial charge in [-0.05, 0) is 37.6 Å². The monoisotopic (exact) mass is 306 g/mol. The molecule has 0 saturated heterocycles. The average Bonchev–Trinajstić information content (AvgIpc) is 2.41. The van der Waals surface area contributed by atoms with Crippen molar-refractivity contribution >= 4 is 0 Å². The second-order valence-corrected chi connectivity index (χ2v) is 5.12. The van der Waals surface area contributed by atoms with Crippen LogP contribution in [0.5, 0.6) is 0 Å². The van der Waals surface area contributed by atoms with Gasteiger partial charge in [-0.25, -0.2) is 4.39 Å². The second kappa shape index (κ2) is 7.22. The Morgan fingerprint density at radius 2 is 1.76 bits per heavy atom. The maximum Gasteiger partial charge on any atom is 0.419 e. The minimum Gasteiger partial charge on any atom is -0.329 e. The van der Waals surface area contributed by atoms with E-state index in [0.717, 1.165) is 25.0 Å². The predicted molar refractivity (Wildman–Crippen MR) is 75.3 cm³/mol. The van der Waals surface area contributed by atoms with Crippen LogP contribution >= 0.6 is 0 Å². The van der Waals surface area contributed by atoms with Crippen LogP contribution in [-0.2, 0) is 6.18 Å². The summed E-state index contributed by atoms with van der Waals surface area (Å²) in [5.41, 5.74) is 4.88. The van der Waals surface area contributed by atoms with Crippen molar-refractivity contribution in [3.63, 3.8) is 0 Å². The first kappa shape index (κ1) is 17.9. The third kappa shape index (κ3) is 4.17. The lowest BCUT2D eigenvalue weighted by Crippen LogP contribution is -2.38. The van der Waals surface area contributed by atoms with Crippen LogP contribution in [0, 0.1) is 5.82 Å². The first-order chi connectivity index (χ1) is 9.76.